The molecule has 10 heteroatoms. The van der Waals surface area contributed by atoms with Crippen molar-refractivity contribution in [1.82, 2.24) is 16.2 Å². The molecule has 3 N–H and O–H groups in total. The summed E-state index contributed by atoms with van der Waals surface area (Å²) in [5.74, 6) is -2.18. The highest BCUT2D eigenvalue weighted by Crippen LogP contribution is 2.31. The number of alkyl halides is 3. The van der Waals surface area contributed by atoms with Crippen LogP contribution in [0, 0.1) is 5.92 Å². The molecular formula is C16H20F3N3O4. The van der Waals surface area contributed by atoms with Crippen molar-refractivity contribution < 1.29 is 32.3 Å². The van der Waals surface area contributed by atoms with Gasteiger partial charge in [-0.05, 0) is 24.1 Å². The second-order valence-electron chi connectivity index (χ2n) is 5.77. The minimum Gasteiger partial charge on any atom is -0.484 e. The first kappa shape index (κ1) is 21.3. The van der Waals surface area contributed by atoms with Crippen LogP contribution in [0.15, 0.2) is 24.3 Å². The van der Waals surface area contributed by atoms with Crippen molar-refractivity contribution in [2.24, 2.45) is 5.92 Å². The number of hydrogen-bond donors (Lipinski definition) is 3. The van der Waals surface area contributed by atoms with Gasteiger partial charge in [-0.1, -0.05) is 19.9 Å². The fourth-order valence-corrected chi connectivity index (χ4v) is 1.91. The molecule has 0 aliphatic rings. The van der Waals surface area contributed by atoms with Gasteiger partial charge < -0.3 is 10.1 Å². The lowest BCUT2D eigenvalue weighted by Crippen LogP contribution is -2.54. The average Bonchev–Trinajstić information content (AvgIpc) is 2.54. The molecule has 7 nitrogen and oxygen atoms in total. The molecule has 3 amide bonds. The normalized spacial score (nSPS) is 12.3. The summed E-state index contributed by atoms with van der Waals surface area (Å²) in [5, 5.41) is 2.44. The molecule has 0 bridgehead atoms. The van der Waals surface area contributed by atoms with Crippen molar-refractivity contribution in [3.05, 3.63) is 29.8 Å². The molecule has 0 spiro atoms. The lowest BCUT2D eigenvalue weighted by Gasteiger charge is -2.21. The van der Waals surface area contributed by atoms with E-state index in [9.17, 15) is 27.6 Å². The SMILES string of the molecule is CC(=O)N[C@H](C(=O)NNC(=O)COc1cccc(C(F)(F)F)c1)C(C)C. The van der Waals surface area contributed by atoms with Gasteiger partial charge in [-0.2, -0.15) is 13.2 Å². The topological polar surface area (TPSA) is 96.5 Å². The number of amides is 3. The molecule has 0 unspecified atom stereocenters. The fourth-order valence-electron chi connectivity index (χ4n) is 1.91. The molecular weight excluding hydrogens is 355 g/mol. The van der Waals surface area contributed by atoms with Crippen LogP contribution in [0.2, 0.25) is 0 Å². The van der Waals surface area contributed by atoms with Crippen molar-refractivity contribution in [2.75, 3.05) is 6.61 Å². The third-order valence-electron chi connectivity index (χ3n) is 3.16. The Labute approximate surface area is 148 Å². The Bertz CT molecular complexity index is 662. The zero-order chi connectivity index (χ0) is 19.9. The molecule has 0 heterocycles. The second-order valence-corrected chi connectivity index (χ2v) is 5.77. The molecule has 26 heavy (non-hydrogen) atoms. The summed E-state index contributed by atoms with van der Waals surface area (Å²) >= 11 is 0. The fraction of sp³-hybridized carbons (Fsp3) is 0.438. The van der Waals surface area contributed by atoms with Crippen LogP contribution in [-0.2, 0) is 20.6 Å². The number of ether oxygens (including phenoxy) is 1. The molecule has 1 rings (SSSR count). The molecule has 0 saturated carbocycles. The monoisotopic (exact) mass is 375 g/mol. The third-order valence-corrected chi connectivity index (χ3v) is 3.16. The molecule has 0 aromatic heterocycles. The molecule has 144 valence electrons. The predicted molar refractivity (Wildman–Crippen MR) is 85.7 cm³/mol. The Morgan fingerprint density at radius 1 is 1.15 bits per heavy atom. The minimum atomic E-state index is -4.52. The summed E-state index contributed by atoms with van der Waals surface area (Å²) in [7, 11) is 0. The Balaban J connectivity index is 2.52. The van der Waals surface area contributed by atoms with Crippen LogP contribution in [0.3, 0.4) is 0 Å². The number of benzene rings is 1. The first-order valence-corrected chi connectivity index (χ1v) is 7.66. The maximum Gasteiger partial charge on any atom is 0.416 e. The Morgan fingerprint density at radius 3 is 2.35 bits per heavy atom. The van der Waals surface area contributed by atoms with Crippen LogP contribution in [0.4, 0.5) is 13.2 Å². The zero-order valence-electron chi connectivity index (χ0n) is 14.4. The van der Waals surface area contributed by atoms with E-state index in [0.717, 1.165) is 18.2 Å². The first-order valence-electron chi connectivity index (χ1n) is 7.66. The summed E-state index contributed by atoms with van der Waals surface area (Å²) in [6, 6.07) is 3.21. The summed E-state index contributed by atoms with van der Waals surface area (Å²) in [6.07, 6.45) is -4.52. The van der Waals surface area contributed by atoms with Gasteiger partial charge in [0.1, 0.15) is 11.8 Å². The highest BCUT2D eigenvalue weighted by atomic mass is 19.4. The molecule has 0 saturated heterocycles. The summed E-state index contributed by atoms with van der Waals surface area (Å²) < 4.78 is 42.8. The Morgan fingerprint density at radius 2 is 1.81 bits per heavy atom. The van der Waals surface area contributed by atoms with E-state index in [1.807, 2.05) is 0 Å². The summed E-state index contributed by atoms with van der Waals surface area (Å²) in [4.78, 5) is 34.7. The number of carbonyl (C=O) groups is 3. The van der Waals surface area contributed by atoms with E-state index < -0.39 is 42.1 Å². The quantitative estimate of drug-likeness (QED) is 0.655. The zero-order valence-corrected chi connectivity index (χ0v) is 14.4. The smallest absolute Gasteiger partial charge is 0.416 e. The van der Waals surface area contributed by atoms with Gasteiger partial charge in [0, 0.05) is 6.92 Å². The predicted octanol–water partition coefficient (Wildman–Crippen LogP) is 1.39. The molecule has 0 aliphatic heterocycles. The Kier molecular flexibility index (Phi) is 7.41. The summed E-state index contributed by atoms with van der Waals surface area (Å²) in [6.45, 7) is 4.07. The number of hydrazine groups is 1. The van der Waals surface area contributed by atoms with E-state index >= 15 is 0 Å². The van der Waals surface area contributed by atoms with Gasteiger partial charge in [-0.25, -0.2) is 0 Å². The van der Waals surface area contributed by atoms with E-state index in [4.69, 9.17) is 4.74 Å². The van der Waals surface area contributed by atoms with Crippen molar-refractivity contribution in [3.63, 3.8) is 0 Å². The summed E-state index contributed by atoms with van der Waals surface area (Å²) in [5.41, 5.74) is 3.29. The van der Waals surface area contributed by atoms with Crippen molar-refractivity contribution in [1.29, 1.82) is 0 Å². The van der Waals surface area contributed by atoms with E-state index in [1.54, 1.807) is 13.8 Å². The van der Waals surface area contributed by atoms with Crippen LogP contribution >= 0.6 is 0 Å². The van der Waals surface area contributed by atoms with Gasteiger partial charge in [-0.3, -0.25) is 25.2 Å². The highest BCUT2D eigenvalue weighted by molar-refractivity contribution is 5.89. The van der Waals surface area contributed by atoms with Gasteiger partial charge in [0.15, 0.2) is 6.61 Å². The standard InChI is InChI=1S/C16H20F3N3O4/c1-9(2)14(20-10(3)23)15(25)22-21-13(24)8-26-12-6-4-5-11(7-12)16(17,18)19/h4-7,9,14H,8H2,1-3H3,(H,20,23)(H,21,24)(H,22,25)/t14-/m0/s1. The van der Waals surface area contributed by atoms with Gasteiger partial charge in [0.05, 0.1) is 5.56 Å². The van der Waals surface area contributed by atoms with E-state index in [2.05, 4.69) is 16.2 Å². The lowest BCUT2D eigenvalue weighted by molar-refractivity contribution is -0.137. The molecule has 1 aromatic rings. The van der Waals surface area contributed by atoms with Crippen LogP contribution in [0.25, 0.3) is 0 Å². The Hall–Kier alpha value is -2.78. The number of rotatable bonds is 6. The van der Waals surface area contributed by atoms with Crippen LogP contribution in [0.1, 0.15) is 26.3 Å². The van der Waals surface area contributed by atoms with E-state index in [1.165, 1.54) is 13.0 Å². The van der Waals surface area contributed by atoms with Gasteiger partial charge in [0.25, 0.3) is 11.8 Å². The second kappa shape index (κ2) is 9.07. The molecule has 0 fully saturated rings. The molecule has 1 aromatic carbocycles. The van der Waals surface area contributed by atoms with Gasteiger partial charge in [0.2, 0.25) is 5.91 Å². The number of carbonyl (C=O) groups excluding carboxylic acids is 3. The number of hydrogen-bond acceptors (Lipinski definition) is 4. The highest BCUT2D eigenvalue weighted by Gasteiger charge is 2.30. The lowest BCUT2D eigenvalue weighted by atomic mass is 10.0. The van der Waals surface area contributed by atoms with Gasteiger partial charge >= 0.3 is 6.18 Å². The largest absolute Gasteiger partial charge is 0.484 e. The first-order chi connectivity index (χ1) is 12.0. The van der Waals surface area contributed by atoms with Crippen LogP contribution < -0.4 is 20.9 Å². The van der Waals surface area contributed by atoms with Crippen LogP contribution in [0.5, 0.6) is 5.75 Å². The van der Waals surface area contributed by atoms with Crippen LogP contribution in [-0.4, -0.2) is 30.4 Å². The van der Waals surface area contributed by atoms with Crippen molar-refractivity contribution in [2.45, 2.75) is 33.0 Å². The molecule has 0 radical (unpaired) electrons. The number of halogens is 3. The van der Waals surface area contributed by atoms with Gasteiger partial charge in [-0.15, -0.1) is 0 Å². The number of nitrogens with one attached hydrogen (secondary N) is 3. The van der Waals surface area contributed by atoms with Crippen molar-refractivity contribution >= 4 is 17.7 Å². The van der Waals surface area contributed by atoms with Crippen molar-refractivity contribution in [3.8, 4) is 5.75 Å². The average molecular weight is 375 g/mol. The maximum atomic E-state index is 12.6. The van der Waals surface area contributed by atoms with E-state index in [-0.39, 0.29) is 11.7 Å². The minimum absolute atomic E-state index is 0.139. The third kappa shape index (κ3) is 6.99. The maximum absolute atomic E-state index is 12.6. The van der Waals surface area contributed by atoms with E-state index in [0.29, 0.717) is 0 Å². The molecule has 0 aliphatic carbocycles. The molecule has 1 atom stereocenters.